The fourth-order valence-corrected chi connectivity index (χ4v) is 2.94. The molecule has 1 unspecified atom stereocenters. The number of para-hydroxylation sites is 1. The molecule has 4 nitrogen and oxygen atoms in total. The zero-order valence-electron chi connectivity index (χ0n) is 12.3. The van der Waals surface area contributed by atoms with Crippen molar-refractivity contribution >= 4 is 11.6 Å². The van der Waals surface area contributed by atoms with Gasteiger partial charge in [0.1, 0.15) is 5.75 Å². The van der Waals surface area contributed by atoms with Crippen molar-refractivity contribution in [2.75, 3.05) is 26.2 Å². The summed E-state index contributed by atoms with van der Waals surface area (Å²) in [6, 6.07) is 15.1. The highest BCUT2D eigenvalue weighted by atomic mass is 16.5. The van der Waals surface area contributed by atoms with Gasteiger partial charge < -0.3 is 14.4 Å². The van der Waals surface area contributed by atoms with Crippen molar-refractivity contribution in [3.63, 3.8) is 0 Å². The van der Waals surface area contributed by atoms with Crippen LogP contribution in [-0.2, 0) is 15.1 Å². The van der Waals surface area contributed by atoms with Gasteiger partial charge in [-0.05, 0) is 23.8 Å². The minimum absolute atomic E-state index is 0.0867. The number of hydrogen-bond acceptors (Lipinski definition) is 3. The third kappa shape index (κ3) is 1.76. The van der Waals surface area contributed by atoms with Crippen molar-refractivity contribution in [3.05, 3.63) is 59.7 Å². The molecule has 0 aromatic heterocycles. The Labute approximate surface area is 123 Å². The lowest BCUT2D eigenvalue weighted by molar-refractivity contribution is -0.134. The maximum atomic E-state index is 12.8. The highest BCUT2D eigenvalue weighted by molar-refractivity contribution is 6.08. The number of hydrogen-bond donors (Lipinski definition) is 0. The van der Waals surface area contributed by atoms with Crippen LogP contribution < -0.4 is 9.64 Å². The molecule has 0 bridgehead atoms. The molecule has 0 fully saturated rings. The number of ether oxygens (including phenoxy) is 2. The van der Waals surface area contributed by atoms with Crippen LogP contribution in [0.15, 0.2) is 48.5 Å². The Morgan fingerprint density at radius 3 is 2.29 bits per heavy atom. The molecule has 0 spiro atoms. The first-order valence-corrected chi connectivity index (χ1v) is 6.72. The van der Waals surface area contributed by atoms with E-state index in [4.69, 9.17) is 9.47 Å². The molecule has 3 rings (SSSR count). The molecule has 0 N–H and O–H groups in total. The third-order valence-electron chi connectivity index (χ3n) is 4.05. The first-order valence-electron chi connectivity index (χ1n) is 6.72. The molecule has 2 aromatic carbocycles. The molecular formula is C17H17NO3. The molecule has 0 saturated heterocycles. The van der Waals surface area contributed by atoms with Gasteiger partial charge in [-0.25, -0.2) is 0 Å². The van der Waals surface area contributed by atoms with Gasteiger partial charge in [0.15, 0.2) is 5.60 Å². The van der Waals surface area contributed by atoms with Gasteiger partial charge in [0, 0.05) is 19.7 Å². The average molecular weight is 283 g/mol. The van der Waals surface area contributed by atoms with Crippen molar-refractivity contribution in [2.24, 2.45) is 0 Å². The lowest BCUT2D eigenvalue weighted by atomic mass is 9.87. The Morgan fingerprint density at radius 1 is 1.00 bits per heavy atom. The van der Waals surface area contributed by atoms with Crippen molar-refractivity contribution in [1.29, 1.82) is 0 Å². The molecule has 4 heteroatoms. The summed E-state index contributed by atoms with van der Waals surface area (Å²) in [4.78, 5) is 14.5. The predicted molar refractivity (Wildman–Crippen MR) is 80.6 cm³/mol. The molecule has 1 heterocycles. The molecule has 108 valence electrons. The highest BCUT2D eigenvalue weighted by Gasteiger charge is 2.51. The molecule has 0 aliphatic carbocycles. The molecule has 1 atom stereocenters. The van der Waals surface area contributed by atoms with Gasteiger partial charge in [0.25, 0.3) is 5.91 Å². The third-order valence-corrected chi connectivity index (χ3v) is 4.05. The first-order chi connectivity index (χ1) is 10.1. The number of benzene rings is 2. The Bertz CT molecular complexity index is 681. The normalized spacial score (nSPS) is 20.5. The van der Waals surface area contributed by atoms with Crippen molar-refractivity contribution in [2.45, 2.75) is 5.60 Å². The quantitative estimate of drug-likeness (QED) is 0.869. The summed E-state index contributed by atoms with van der Waals surface area (Å²) in [5.74, 6) is 0.661. The summed E-state index contributed by atoms with van der Waals surface area (Å²) in [5.41, 5.74) is 1.45. The summed E-state index contributed by atoms with van der Waals surface area (Å²) in [6.45, 7) is 0. The average Bonchev–Trinajstić information content (AvgIpc) is 2.77. The molecule has 1 aliphatic rings. The van der Waals surface area contributed by atoms with E-state index in [1.807, 2.05) is 48.5 Å². The topological polar surface area (TPSA) is 38.8 Å². The summed E-state index contributed by atoms with van der Waals surface area (Å²) < 4.78 is 10.9. The second-order valence-corrected chi connectivity index (χ2v) is 5.00. The second-order valence-electron chi connectivity index (χ2n) is 5.00. The van der Waals surface area contributed by atoms with E-state index in [0.29, 0.717) is 0 Å². The number of carbonyl (C=O) groups excluding carboxylic acids is 1. The van der Waals surface area contributed by atoms with Crippen LogP contribution in [0.25, 0.3) is 0 Å². The lowest BCUT2D eigenvalue weighted by Crippen LogP contribution is -2.41. The molecule has 0 radical (unpaired) electrons. The number of amides is 1. The van der Waals surface area contributed by atoms with E-state index < -0.39 is 5.60 Å². The number of rotatable bonds is 3. The number of fused-ring (bicyclic) bond motifs is 1. The lowest BCUT2D eigenvalue weighted by Gasteiger charge is -2.27. The summed E-state index contributed by atoms with van der Waals surface area (Å²) >= 11 is 0. The fourth-order valence-electron chi connectivity index (χ4n) is 2.94. The molecule has 21 heavy (non-hydrogen) atoms. The van der Waals surface area contributed by atoms with Gasteiger partial charge in [-0.3, -0.25) is 4.79 Å². The van der Waals surface area contributed by atoms with E-state index in [0.717, 1.165) is 22.6 Å². The van der Waals surface area contributed by atoms with E-state index >= 15 is 0 Å². The van der Waals surface area contributed by atoms with Crippen molar-refractivity contribution in [3.8, 4) is 5.75 Å². The summed E-state index contributed by atoms with van der Waals surface area (Å²) in [7, 11) is 4.95. The van der Waals surface area contributed by atoms with Crippen LogP contribution in [0.4, 0.5) is 5.69 Å². The van der Waals surface area contributed by atoms with Crippen LogP contribution in [0, 0.1) is 0 Å². The Hall–Kier alpha value is -2.33. The van der Waals surface area contributed by atoms with Gasteiger partial charge in [-0.15, -0.1) is 0 Å². The van der Waals surface area contributed by atoms with E-state index in [1.165, 1.54) is 0 Å². The molecular weight excluding hydrogens is 266 g/mol. The van der Waals surface area contributed by atoms with E-state index in [1.54, 1.807) is 26.2 Å². The standard InChI is InChI=1S/C17H17NO3/c1-18-15-7-5-4-6-14(15)17(21-3,16(18)19)12-8-10-13(20-2)11-9-12/h4-11H,1-3H3. The summed E-state index contributed by atoms with van der Waals surface area (Å²) in [5, 5.41) is 0. The van der Waals surface area contributed by atoms with Gasteiger partial charge in [0.05, 0.1) is 12.8 Å². The minimum atomic E-state index is -1.09. The molecule has 1 amide bonds. The van der Waals surface area contributed by atoms with Gasteiger partial charge in [-0.2, -0.15) is 0 Å². The van der Waals surface area contributed by atoms with Gasteiger partial charge >= 0.3 is 0 Å². The number of anilines is 1. The summed E-state index contributed by atoms with van der Waals surface area (Å²) in [6.07, 6.45) is 0. The van der Waals surface area contributed by atoms with E-state index in [-0.39, 0.29) is 5.91 Å². The van der Waals surface area contributed by atoms with Crippen LogP contribution in [0.2, 0.25) is 0 Å². The Kier molecular flexibility index (Phi) is 3.18. The van der Waals surface area contributed by atoms with Crippen LogP contribution in [-0.4, -0.2) is 27.2 Å². The Morgan fingerprint density at radius 2 is 1.67 bits per heavy atom. The van der Waals surface area contributed by atoms with E-state index in [2.05, 4.69) is 0 Å². The SMILES string of the molecule is COc1ccc(C2(OC)C(=O)N(C)c3ccccc32)cc1. The smallest absolute Gasteiger partial charge is 0.268 e. The van der Waals surface area contributed by atoms with Crippen LogP contribution >= 0.6 is 0 Å². The molecule has 2 aromatic rings. The van der Waals surface area contributed by atoms with Crippen molar-refractivity contribution in [1.82, 2.24) is 0 Å². The second kappa shape index (κ2) is 4.90. The minimum Gasteiger partial charge on any atom is -0.497 e. The van der Waals surface area contributed by atoms with E-state index in [9.17, 15) is 4.79 Å². The predicted octanol–water partition coefficient (Wildman–Crippen LogP) is 2.56. The number of carbonyl (C=O) groups is 1. The van der Waals surface area contributed by atoms with Gasteiger partial charge in [-0.1, -0.05) is 30.3 Å². The zero-order valence-corrected chi connectivity index (χ0v) is 12.3. The Balaban J connectivity index is 2.22. The first kappa shape index (κ1) is 13.6. The van der Waals surface area contributed by atoms with Crippen LogP contribution in [0.1, 0.15) is 11.1 Å². The number of nitrogens with zero attached hydrogens (tertiary/aromatic N) is 1. The fraction of sp³-hybridized carbons (Fsp3) is 0.235. The van der Waals surface area contributed by atoms with Crippen LogP contribution in [0.5, 0.6) is 5.75 Å². The van der Waals surface area contributed by atoms with Crippen LogP contribution in [0.3, 0.4) is 0 Å². The number of likely N-dealkylation sites (N-methyl/N-ethyl adjacent to an activating group) is 1. The van der Waals surface area contributed by atoms with Crippen molar-refractivity contribution < 1.29 is 14.3 Å². The number of methoxy groups -OCH3 is 2. The molecule has 0 saturated carbocycles. The monoisotopic (exact) mass is 283 g/mol. The van der Waals surface area contributed by atoms with Gasteiger partial charge in [0.2, 0.25) is 0 Å². The zero-order chi connectivity index (χ0) is 15.0. The highest BCUT2D eigenvalue weighted by Crippen LogP contribution is 2.46. The maximum Gasteiger partial charge on any atom is 0.268 e. The largest absolute Gasteiger partial charge is 0.497 e. The maximum absolute atomic E-state index is 12.8. The molecule has 1 aliphatic heterocycles.